The lowest BCUT2D eigenvalue weighted by atomic mass is 9.92. The molecule has 2 rings (SSSR count). The van der Waals surface area contributed by atoms with Crippen molar-refractivity contribution in [3.63, 3.8) is 0 Å². The fourth-order valence-corrected chi connectivity index (χ4v) is 2.44. The van der Waals surface area contributed by atoms with Crippen molar-refractivity contribution in [3.05, 3.63) is 18.2 Å². The fourth-order valence-electron chi connectivity index (χ4n) is 2.44. The number of rotatable bonds is 3. The van der Waals surface area contributed by atoms with Gasteiger partial charge in [-0.15, -0.1) is 0 Å². The monoisotopic (exact) mass is 320 g/mol. The van der Waals surface area contributed by atoms with Crippen LogP contribution in [0.3, 0.4) is 0 Å². The first-order valence-corrected chi connectivity index (χ1v) is 7.68. The molecule has 23 heavy (non-hydrogen) atoms. The lowest BCUT2D eigenvalue weighted by Crippen LogP contribution is -2.43. The molecule has 6 nitrogen and oxygen atoms in total. The van der Waals surface area contributed by atoms with E-state index in [1.54, 1.807) is 23.1 Å². The van der Waals surface area contributed by atoms with Crippen LogP contribution in [0.2, 0.25) is 0 Å². The van der Waals surface area contributed by atoms with E-state index in [9.17, 15) is 9.59 Å². The van der Waals surface area contributed by atoms with Gasteiger partial charge in [-0.1, -0.05) is 13.8 Å². The van der Waals surface area contributed by atoms with Crippen LogP contribution in [-0.4, -0.2) is 32.3 Å². The Morgan fingerprint density at radius 3 is 2.74 bits per heavy atom. The average Bonchev–Trinajstić information content (AvgIpc) is 2.57. The number of fused-ring (bicyclic) bond motifs is 1. The third-order valence-electron chi connectivity index (χ3n) is 3.64. The van der Waals surface area contributed by atoms with Crippen LogP contribution in [0, 0.1) is 11.3 Å². The Hall–Kier alpha value is -2.24. The van der Waals surface area contributed by atoms with Gasteiger partial charge in [-0.05, 0) is 31.9 Å². The summed E-state index contributed by atoms with van der Waals surface area (Å²) in [7, 11) is 1.31. The molecule has 1 aromatic carbocycles. The predicted octanol–water partition coefficient (Wildman–Crippen LogP) is 3.27. The maximum Gasteiger partial charge on any atom is 0.411 e. The van der Waals surface area contributed by atoms with Gasteiger partial charge in [-0.25, -0.2) is 4.79 Å². The summed E-state index contributed by atoms with van der Waals surface area (Å²) >= 11 is 0. The molecule has 0 fully saturated rings. The molecule has 0 radical (unpaired) electrons. The number of anilines is 2. The van der Waals surface area contributed by atoms with Crippen LogP contribution in [0.5, 0.6) is 5.75 Å². The van der Waals surface area contributed by atoms with E-state index in [1.807, 2.05) is 13.8 Å². The summed E-state index contributed by atoms with van der Waals surface area (Å²) in [6.45, 7) is 8.79. The third-order valence-corrected chi connectivity index (χ3v) is 3.64. The molecule has 1 aliphatic rings. The van der Waals surface area contributed by atoms with Crippen LogP contribution >= 0.6 is 0 Å². The number of carbonyl (C=O) groups excluding carboxylic acids is 2. The van der Waals surface area contributed by atoms with E-state index in [2.05, 4.69) is 23.9 Å². The fraction of sp³-hybridized carbons (Fsp3) is 0.529. The molecule has 126 valence electrons. The molecule has 0 unspecified atom stereocenters. The van der Waals surface area contributed by atoms with Gasteiger partial charge < -0.3 is 14.4 Å². The van der Waals surface area contributed by atoms with Gasteiger partial charge >= 0.3 is 6.09 Å². The summed E-state index contributed by atoms with van der Waals surface area (Å²) in [5.41, 5.74) is 0.682. The number of ether oxygens (including phenoxy) is 2. The standard InChI is InChI=1S/C17H24N2O4/c1-11(2)9-19-13-7-6-12(18-16(21)22-5)8-14(13)23-10-17(3,4)15(19)20/h6-8,11H,9-10H2,1-5H3,(H,18,21). The van der Waals surface area contributed by atoms with Gasteiger partial charge in [-0.3, -0.25) is 10.1 Å². The summed E-state index contributed by atoms with van der Waals surface area (Å²) in [6, 6.07) is 5.24. The SMILES string of the molecule is COC(=O)Nc1ccc2c(c1)OCC(C)(C)C(=O)N2CC(C)C. The molecule has 1 N–H and O–H groups in total. The summed E-state index contributed by atoms with van der Waals surface area (Å²) < 4.78 is 10.4. The van der Waals surface area contributed by atoms with Crippen LogP contribution in [0.1, 0.15) is 27.7 Å². The molecule has 0 aliphatic carbocycles. The van der Waals surface area contributed by atoms with Crippen molar-refractivity contribution >= 4 is 23.4 Å². The van der Waals surface area contributed by atoms with Crippen molar-refractivity contribution in [1.82, 2.24) is 0 Å². The van der Waals surface area contributed by atoms with Crippen molar-refractivity contribution in [3.8, 4) is 5.75 Å². The van der Waals surface area contributed by atoms with E-state index >= 15 is 0 Å². The maximum absolute atomic E-state index is 12.8. The number of methoxy groups -OCH3 is 1. The minimum atomic E-state index is -0.607. The molecule has 0 spiro atoms. The third kappa shape index (κ3) is 3.75. The number of benzene rings is 1. The van der Waals surface area contributed by atoms with Gasteiger partial charge in [0.05, 0.1) is 18.2 Å². The van der Waals surface area contributed by atoms with Gasteiger partial charge in [-0.2, -0.15) is 0 Å². The minimum absolute atomic E-state index is 0.0404. The Morgan fingerprint density at radius 2 is 2.13 bits per heavy atom. The Balaban J connectivity index is 2.41. The molecule has 0 saturated carbocycles. The Labute approximate surface area is 136 Å². The quantitative estimate of drug-likeness (QED) is 0.928. The Bertz CT molecular complexity index is 611. The average molecular weight is 320 g/mol. The Morgan fingerprint density at radius 1 is 1.43 bits per heavy atom. The van der Waals surface area contributed by atoms with E-state index in [0.717, 1.165) is 5.69 Å². The van der Waals surface area contributed by atoms with Gasteiger partial charge in [0.15, 0.2) is 0 Å². The van der Waals surface area contributed by atoms with Crippen LogP contribution in [0.15, 0.2) is 18.2 Å². The van der Waals surface area contributed by atoms with Crippen molar-refractivity contribution in [2.75, 3.05) is 30.5 Å². The molecule has 0 atom stereocenters. The van der Waals surface area contributed by atoms with Gasteiger partial charge in [0.25, 0.3) is 0 Å². The van der Waals surface area contributed by atoms with E-state index in [0.29, 0.717) is 23.9 Å². The summed E-state index contributed by atoms with van der Waals surface area (Å²) in [5.74, 6) is 0.950. The van der Waals surface area contributed by atoms with Crippen LogP contribution in [0.4, 0.5) is 16.2 Å². The molecular formula is C17H24N2O4. The van der Waals surface area contributed by atoms with Crippen molar-refractivity contribution in [2.24, 2.45) is 11.3 Å². The summed E-state index contributed by atoms with van der Waals surface area (Å²) in [6.07, 6.45) is -0.547. The molecule has 1 heterocycles. The highest BCUT2D eigenvalue weighted by molar-refractivity contribution is 5.99. The lowest BCUT2D eigenvalue weighted by Gasteiger charge is -2.29. The highest BCUT2D eigenvalue weighted by Gasteiger charge is 2.38. The molecule has 2 amide bonds. The topological polar surface area (TPSA) is 67.9 Å². The number of hydrogen-bond acceptors (Lipinski definition) is 4. The molecule has 1 aromatic rings. The molecule has 0 bridgehead atoms. The Kier molecular flexibility index (Phi) is 4.82. The largest absolute Gasteiger partial charge is 0.490 e. The van der Waals surface area contributed by atoms with Gasteiger partial charge in [0, 0.05) is 18.3 Å². The van der Waals surface area contributed by atoms with Crippen molar-refractivity contribution in [1.29, 1.82) is 0 Å². The predicted molar refractivity (Wildman–Crippen MR) is 88.9 cm³/mol. The second-order valence-corrected chi connectivity index (χ2v) is 6.78. The van der Waals surface area contributed by atoms with Crippen LogP contribution in [0.25, 0.3) is 0 Å². The van der Waals surface area contributed by atoms with Gasteiger partial charge in [0.1, 0.15) is 12.4 Å². The lowest BCUT2D eigenvalue weighted by molar-refractivity contribution is -0.127. The van der Waals surface area contributed by atoms with E-state index < -0.39 is 11.5 Å². The zero-order valence-corrected chi connectivity index (χ0v) is 14.3. The first-order chi connectivity index (χ1) is 10.7. The van der Waals surface area contributed by atoms with Gasteiger partial charge in [0.2, 0.25) is 5.91 Å². The highest BCUT2D eigenvalue weighted by atomic mass is 16.5. The molecular weight excluding hydrogens is 296 g/mol. The van der Waals surface area contributed by atoms with Crippen molar-refractivity contribution < 1.29 is 19.1 Å². The van der Waals surface area contributed by atoms with E-state index in [-0.39, 0.29) is 12.5 Å². The van der Waals surface area contributed by atoms with E-state index in [4.69, 9.17) is 4.74 Å². The zero-order valence-electron chi connectivity index (χ0n) is 14.3. The van der Waals surface area contributed by atoms with Crippen molar-refractivity contribution in [2.45, 2.75) is 27.7 Å². The van der Waals surface area contributed by atoms with E-state index in [1.165, 1.54) is 7.11 Å². The first kappa shape index (κ1) is 17.1. The number of amides is 2. The maximum atomic E-state index is 12.8. The highest BCUT2D eigenvalue weighted by Crippen LogP contribution is 2.38. The first-order valence-electron chi connectivity index (χ1n) is 7.68. The second kappa shape index (κ2) is 6.48. The number of nitrogens with one attached hydrogen (secondary N) is 1. The summed E-state index contributed by atoms with van der Waals surface area (Å²) in [4.78, 5) is 25.9. The molecule has 0 aromatic heterocycles. The minimum Gasteiger partial charge on any atom is -0.490 e. The van der Waals surface area contributed by atoms with Crippen LogP contribution in [-0.2, 0) is 9.53 Å². The number of carbonyl (C=O) groups is 2. The number of hydrogen-bond donors (Lipinski definition) is 1. The zero-order chi connectivity index (χ0) is 17.2. The normalized spacial score (nSPS) is 16.4. The smallest absolute Gasteiger partial charge is 0.411 e. The van der Waals surface area contributed by atoms with Crippen LogP contribution < -0.4 is 15.0 Å². The molecule has 0 saturated heterocycles. The second-order valence-electron chi connectivity index (χ2n) is 6.78. The molecule has 1 aliphatic heterocycles. The number of nitrogens with zero attached hydrogens (tertiary/aromatic N) is 1. The summed E-state index contributed by atoms with van der Waals surface area (Å²) in [5, 5.41) is 2.61. The molecule has 6 heteroatoms.